The first kappa shape index (κ1) is 22.5. The lowest BCUT2D eigenvalue weighted by Gasteiger charge is -2.36. The van der Waals surface area contributed by atoms with Crippen molar-refractivity contribution < 1.29 is 14.3 Å². The van der Waals surface area contributed by atoms with E-state index in [9.17, 15) is 9.59 Å². The number of hydrogen-bond donors (Lipinski definition) is 1. The average molecular weight is 466 g/mol. The highest BCUT2D eigenvalue weighted by Crippen LogP contribution is 2.22. The van der Waals surface area contributed by atoms with Crippen molar-refractivity contribution >= 4 is 34.0 Å². The predicted octanol–water partition coefficient (Wildman–Crippen LogP) is 5.06. The molecule has 0 saturated carbocycles. The standard InChI is InChI=1S/C29H27N3O3/c1-35-27-14-8-22(9-15-27)28(33)30-25-10-12-26(13-11-25)31-16-18-32(19-17-31)29(34)24-7-6-21-4-2-3-5-23(21)20-24/h2-15,20H,16-19H2,1H3,(H,30,33). The van der Waals surface area contributed by atoms with Crippen LogP contribution in [0.4, 0.5) is 11.4 Å². The minimum Gasteiger partial charge on any atom is -0.497 e. The fourth-order valence-corrected chi connectivity index (χ4v) is 4.37. The molecule has 35 heavy (non-hydrogen) atoms. The van der Waals surface area contributed by atoms with Gasteiger partial charge in [-0.2, -0.15) is 0 Å². The van der Waals surface area contributed by atoms with Gasteiger partial charge in [0.1, 0.15) is 5.75 Å². The van der Waals surface area contributed by atoms with Crippen molar-refractivity contribution in [2.24, 2.45) is 0 Å². The van der Waals surface area contributed by atoms with Gasteiger partial charge in [0.05, 0.1) is 7.11 Å². The van der Waals surface area contributed by atoms with Crippen molar-refractivity contribution in [1.29, 1.82) is 0 Å². The highest BCUT2D eigenvalue weighted by Gasteiger charge is 2.22. The molecule has 2 amide bonds. The fourth-order valence-electron chi connectivity index (χ4n) is 4.37. The Hall–Kier alpha value is -4.32. The summed E-state index contributed by atoms with van der Waals surface area (Å²) in [6.07, 6.45) is 0. The zero-order valence-corrected chi connectivity index (χ0v) is 19.6. The van der Waals surface area contributed by atoms with Crippen LogP contribution >= 0.6 is 0 Å². The Morgan fingerprint density at radius 1 is 0.743 bits per heavy atom. The zero-order valence-electron chi connectivity index (χ0n) is 19.6. The predicted molar refractivity (Wildman–Crippen MR) is 139 cm³/mol. The average Bonchev–Trinajstić information content (AvgIpc) is 2.93. The molecule has 0 radical (unpaired) electrons. The monoisotopic (exact) mass is 465 g/mol. The lowest BCUT2D eigenvalue weighted by atomic mass is 10.1. The van der Waals surface area contributed by atoms with Gasteiger partial charge in [-0.05, 0) is 71.4 Å². The van der Waals surface area contributed by atoms with Crippen LogP contribution in [0, 0.1) is 0 Å². The first-order chi connectivity index (χ1) is 17.1. The molecule has 1 fully saturated rings. The summed E-state index contributed by atoms with van der Waals surface area (Å²) < 4.78 is 5.14. The van der Waals surface area contributed by atoms with E-state index in [1.165, 1.54) is 0 Å². The Morgan fingerprint density at radius 3 is 2.09 bits per heavy atom. The summed E-state index contributed by atoms with van der Waals surface area (Å²) in [6.45, 7) is 2.86. The number of nitrogens with one attached hydrogen (secondary N) is 1. The summed E-state index contributed by atoms with van der Waals surface area (Å²) in [7, 11) is 1.60. The number of hydrogen-bond acceptors (Lipinski definition) is 4. The van der Waals surface area contributed by atoms with Gasteiger partial charge >= 0.3 is 0 Å². The van der Waals surface area contributed by atoms with Crippen molar-refractivity contribution in [3.8, 4) is 5.75 Å². The SMILES string of the molecule is COc1ccc(C(=O)Nc2ccc(N3CCN(C(=O)c4ccc5ccccc5c4)CC3)cc2)cc1. The van der Waals surface area contributed by atoms with Crippen molar-refractivity contribution in [3.63, 3.8) is 0 Å². The number of rotatable bonds is 5. The second-order valence-corrected chi connectivity index (χ2v) is 8.57. The smallest absolute Gasteiger partial charge is 0.255 e. The minimum atomic E-state index is -0.166. The molecule has 6 nitrogen and oxygen atoms in total. The first-order valence-corrected chi connectivity index (χ1v) is 11.7. The van der Waals surface area contributed by atoms with Crippen molar-refractivity contribution in [3.05, 3.63) is 102 Å². The number of amides is 2. The number of ether oxygens (including phenoxy) is 1. The van der Waals surface area contributed by atoms with E-state index in [2.05, 4.69) is 16.3 Å². The van der Waals surface area contributed by atoms with E-state index in [-0.39, 0.29) is 11.8 Å². The number of nitrogens with zero attached hydrogens (tertiary/aromatic N) is 2. The van der Waals surface area contributed by atoms with Gasteiger partial charge in [-0.25, -0.2) is 0 Å². The summed E-state index contributed by atoms with van der Waals surface area (Å²) in [4.78, 5) is 29.7. The van der Waals surface area contributed by atoms with E-state index < -0.39 is 0 Å². The Balaban J connectivity index is 1.17. The highest BCUT2D eigenvalue weighted by atomic mass is 16.5. The molecule has 176 valence electrons. The van der Waals surface area contributed by atoms with Crippen molar-refractivity contribution in [2.45, 2.75) is 0 Å². The summed E-state index contributed by atoms with van der Waals surface area (Å²) in [6, 6.07) is 28.8. The van der Waals surface area contributed by atoms with Gasteiger partial charge in [-0.3, -0.25) is 9.59 Å². The molecule has 0 unspecified atom stereocenters. The number of methoxy groups -OCH3 is 1. The fraction of sp³-hybridized carbons (Fsp3) is 0.172. The molecule has 0 aliphatic carbocycles. The van der Waals surface area contributed by atoms with Gasteiger partial charge in [0.2, 0.25) is 0 Å². The molecule has 0 aromatic heterocycles. The maximum absolute atomic E-state index is 13.0. The molecule has 5 rings (SSSR count). The van der Waals surface area contributed by atoms with Gasteiger partial charge in [0.25, 0.3) is 11.8 Å². The van der Waals surface area contributed by atoms with Crippen LogP contribution in [0.2, 0.25) is 0 Å². The molecule has 1 saturated heterocycles. The maximum Gasteiger partial charge on any atom is 0.255 e. The molecule has 4 aromatic rings. The van der Waals surface area contributed by atoms with Crippen molar-refractivity contribution in [2.75, 3.05) is 43.5 Å². The number of anilines is 2. The summed E-state index contributed by atoms with van der Waals surface area (Å²) in [5, 5.41) is 5.14. The Labute approximate surface area is 204 Å². The number of fused-ring (bicyclic) bond motifs is 1. The van der Waals surface area contributed by atoms with Gasteiger partial charge < -0.3 is 19.9 Å². The lowest BCUT2D eigenvalue weighted by Crippen LogP contribution is -2.48. The molecular formula is C29H27N3O3. The topological polar surface area (TPSA) is 61.9 Å². The Bertz CT molecular complexity index is 1340. The van der Waals surface area contributed by atoms with Gasteiger partial charge in [0.15, 0.2) is 0 Å². The molecule has 6 heteroatoms. The summed E-state index contributed by atoms with van der Waals surface area (Å²) >= 11 is 0. The second-order valence-electron chi connectivity index (χ2n) is 8.57. The van der Waals surface area contributed by atoms with E-state index in [0.717, 1.165) is 40.8 Å². The molecule has 1 heterocycles. The third kappa shape index (κ3) is 4.96. The van der Waals surface area contributed by atoms with Crippen LogP contribution in [0.3, 0.4) is 0 Å². The van der Waals surface area contributed by atoms with Crippen LogP contribution in [0.5, 0.6) is 5.75 Å². The van der Waals surface area contributed by atoms with Crippen LogP contribution in [0.15, 0.2) is 91.0 Å². The highest BCUT2D eigenvalue weighted by molar-refractivity contribution is 6.04. The molecule has 1 aliphatic heterocycles. The largest absolute Gasteiger partial charge is 0.497 e. The Morgan fingerprint density at radius 2 is 1.40 bits per heavy atom. The summed E-state index contributed by atoms with van der Waals surface area (Å²) in [5.41, 5.74) is 3.11. The van der Waals surface area contributed by atoms with Crippen LogP contribution in [-0.2, 0) is 0 Å². The molecule has 0 atom stereocenters. The van der Waals surface area contributed by atoms with Crippen molar-refractivity contribution in [1.82, 2.24) is 4.90 Å². The number of piperazine rings is 1. The molecule has 1 N–H and O–H groups in total. The number of benzene rings is 4. The van der Waals surface area contributed by atoms with Gasteiger partial charge in [0, 0.05) is 48.7 Å². The quantitative estimate of drug-likeness (QED) is 0.447. The van der Waals surface area contributed by atoms with Gasteiger partial charge in [-0.1, -0.05) is 30.3 Å². The zero-order chi connectivity index (χ0) is 24.2. The first-order valence-electron chi connectivity index (χ1n) is 11.7. The molecular weight excluding hydrogens is 438 g/mol. The van der Waals surface area contributed by atoms with Crippen LogP contribution in [0.1, 0.15) is 20.7 Å². The lowest BCUT2D eigenvalue weighted by molar-refractivity contribution is 0.0746. The van der Waals surface area contributed by atoms with Crippen LogP contribution < -0.4 is 15.0 Å². The molecule has 4 aromatic carbocycles. The van der Waals surface area contributed by atoms with Crippen LogP contribution in [0.25, 0.3) is 10.8 Å². The van der Waals surface area contributed by atoms with E-state index in [4.69, 9.17) is 4.74 Å². The van der Waals surface area contributed by atoms with E-state index in [1.54, 1.807) is 31.4 Å². The second kappa shape index (κ2) is 9.89. The third-order valence-corrected chi connectivity index (χ3v) is 6.41. The molecule has 0 bridgehead atoms. The van der Waals surface area contributed by atoms with Crippen LogP contribution in [-0.4, -0.2) is 50.0 Å². The third-order valence-electron chi connectivity index (χ3n) is 6.41. The number of carbonyl (C=O) groups is 2. The minimum absolute atomic E-state index is 0.0759. The normalized spacial score (nSPS) is 13.5. The number of carbonyl (C=O) groups excluding carboxylic acids is 2. The van der Waals surface area contributed by atoms with E-state index in [1.807, 2.05) is 65.6 Å². The van der Waals surface area contributed by atoms with E-state index in [0.29, 0.717) is 24.4 Å². The van der Waals surface area contributed by atoms with E-state index >= 15 is 0 Å². The maximum atomic E-state index is 13.0. The molecule has 1 aliphatic rings. The Kier molecular flexibility index (Phi) is 6.35. The van der Waals surface area contributed by atoms with Gasteiger partial charge in [-0.15, -0.1) is 0 Å². The summed E-state index contributed by atoms with van der Waals surface area (Å²) in [5.74, 6) is 0.623. The molecule has 0 spiro atoms.